The van der Waals surface area contributed by atoms with Gasteiger partial charge >= 0.3 is 6.18 Å². The van der Waals surface area contributed by atoms with Gasteiger partial charge < -0.3 is 18.5 Å². The largest absolute Gasteiger partial charge is 0.493 e. The molecule has 5 nitrogen and oxygen atoms in total. The average molecular weight is 566 g/mol. The Morgan fingerprint density at radius 3 is 2.36 bits per heavy atom. The van der Waals surface area contributed by atoms with Gasteiger partial charge in [0.05, 0.1) is 24.4 Å². The van der Waals surface area contributed by atoms with E-state index in [0.717, 1.165) is 6.42 Å². The topological polar surface area (TPSA) is 49.3 Å². The van der Waals surface area contributed by atoms with Crippen LogP contribution < -0.4 is 4.74 Å². The molecule has 1 aliphatic carbocycles. The maximum absolute atomic E-state index is 13.9. The van der Waals surface area contributed by atoms with E-state index < -0.39 is 17.3 Å². The third-order valence-electron chi connectivity index (χ3n) is 6.82. The number of hydrogen-bond acceptors (Lipinski definition) is 5. The molecule has 0 N–H and O–H groups in total. The van der Waals surface area contributed by atoms with Gasteiger partial charge in [-0.15, -0.1) is 0 Å². The molecule has 0 bridgehead atoms. The Labute approximate surface area is 231 Å². The first-order chi connectivity index (χ1) is 18.4. The van der Waals surface area contributed by atoms with Crippen LogP contribution in [0.2, 0.25) is 0 Å². The van der Waals surface area contributed by atoms with Crippen LogP contribution in [0.25, 0.3) is 0 Å². The SMILES string of the molecule is CC1=NC(CCc2ccc(OCCCc3ccc(C4CC4)cc3)c(C(F)(F)F)c2)(COPOC(C)(C)C)CO1. The quantitative estimate of drug-likeness (QED) is 0.182. The van der Waals surface area contributed by atoms with E-state index in [2.05, 4.69) is 29.3 Å². The third kappa shape index (κ3) is 9.19. The van der Waals surface area contributed by atoms with Crippen molar-refractivity contribution in [3.8, 4) is 5.75 Å². The van der Waals surface area contributed by atoms with E-state index in [9.17, 15) is 13.2 Å². The lowest BCUT2D eigenvalue weighted by atomic mass is 9.93. The lowest BCUT2D eigenvalue weighted by molar-refractivity contribution is -0.139. The summed E-state index contributed by atoms with van der Waals surface area (Å²) in [6.45, 7) is 8.42. The molecule has 2 aliphatic rings. The Balaban J connectivity index is 1.32. The number of alkyl halides is 3. The minimum Gasteiger partial charge on any atom is -0.493 e. The number of hydrogen-bond donors (Lipinski definition) is 0. The molecular formula is C30H39F3NO4P. The Kier molecular flexibility index (Phi) is 9.61. The second kappa shape index (κ2) is 12.6. The van der Waals surface area contributed by atoms with Crippen LogP contribution in [0, 0.1) is 0 Å². The molecular weight excluding hydrogens is 526 g/mol. The van der Waals surface area contributed by atoms with Gasteiger partial charge in [-0.25, -0.2) is 4.99 Å². The molecule has 9 heteroatoms. The molecule has 0 aromatic heterocycles. The summed E-state index contributed by atoms with van der Waals surface area (Å²) in [5, 5.41) is 0. The average Bonchev–Trinajstić information content (AvgIpc) is 3.66. The summed E-state index contributed by atoms with van der Waals surface area (Å²) in [5.74, 6) is 1.13. The summed E-state index contributed by atoms with van der Waals surface area (Å²) in [5.41, 5.74) is 1.39. The van der Waals surface area contributed by atoms with Gasteiger partial charge in [0, 0.05) is 6.92 Å². The van der Waals surface area contributed by atoms with E-state index in [1.165, 1.54) is 36.1 Å². The number of rotatable bonds is 13. The van der Waals surface area contributed by atoms with Gasteiger partial charge in [-0.1, -0.05) is 30.3 Å². The highest BCUT2D eigenvalue weighted by Gasteiger charge is 2.37. The zero-order valence-electron chi connectivity index (χ0n) is 23.2. The van der Waals surface area contributed by atoms with Crippen LogP contribution >= 0.6 is 9.03 Å². The fourth-order valence-corrected chi connectivity index (χ4v) is 5.15. The zero-order chi connectivity index (χ0) is 28.1. The van der Waals surface area contributed by atoms with Gasteiger partial charge in [0.25, 0.3) is 0 Å². The Morgan fingerprint density at radius 2 is 1.74 bits per heavy atom. The van der Waals surface area contributed by atoms with E-state index in [0.29, 0.717) is 43.2 Å². The molecule has 214 valence electrons. The number of aliphatic imine (C=N–C) groups is 1. The van der Waals surface area contributed by atoms with Crippen LogP contribution in [0.15, 0.2) is 47.5 Å². The second-order valence-corrected chi connectivity index (χ2v) is 12.2. The molecule has 0 spiro atoms. The first-order valence-electron chi connectivity index (χ1n) is 13.6. The lowest BCUT2D eigenvalue weighted by Gasteiger charge is -2.25. The summed E-state index contributed by atoms with van der Waals surface area (Å²) in [7, 11) is -0.157. The maximum atomic E-state index is 13.9. The van der Waals surface area contributed by atoms with Crippen LogP contribution in [0.1, 0.15) is 81.5 Å². The van der Waals surface area contributed by atoms with Gasteiger partial charge in [-0.3, -0.25) is 0 Å². The van der Waals surface area contributed by atoms with Crippen molar-refractivity contribution in [2.75, 3.05) is 19.8 Å². The molecule has 2 aromatic carbocycles. The Bertz CT molecular complexity index is 1130. The van der Waals surface area contributed by atoms with E-state index in [1.807, 2.05) is 20.8 Å². The van der Waals surface area contributed by atoms with Crippen molar-refractivity contribution in [2.24, 2.45) is 4.99 Å². The summed E-state index contributed by atoms with van der Waals surface area (Å²) in [6.07, 6.45) is 0.297. The summed E-state index contributed by atoms with van der Waals surface area (Å²) >= 11 is 0. The molecule has 2 unspecified atom stereocenters. The van der Waals surface area contributed by atoms with Gasteiger partial charge in [0.1, 0.15) is 17.9 Å². The van der Waals surface area contributed by atoms with Crippen LogP contribution in [0.5, 0.6) is 5.75 Å². The van der Waals surface area contributed by atoms with Gasteiger partial charge in [-0.2, -0.15) is 13.2 Å². The van der Waals surface area contributed by atoms with Crippen molar-refractivity contribution >= 4 is 14.9 Å². The number of nitrogens with zero attached hydrogens (tertiary/aromatic N) is 1. The molecule has 1 heterocycles. The van der Waals surface area contributed by atoms with Crippen LogP contribution in [-0.2, 0) is 32.8 Å². The Morgan fingerprint density at radius 1 is 1.03 bits per heavy atom. The molecule has 1 aliphatic heterocycles. The Hall–Kier alpha value is -2.15. The summed E-state index contributed by atoms with van der Waals surface area (Å²) < 4.78 is 64.4. The van der Waals surface area contributed by atoms with Crippen LogP contribution in [0.3, 0.4) is 0 Å². The molecule has 1 fully saturated rings. The number of benzene rings is 2. The van der Waals surface area contributed by atoms with Crippen molar-refractivity contribution in [1.82, 2.24) is 0 Å². The van der Waals surface area contributed by atoms with E-state index in [-0.39, 0.29) is 33.6 Å². The van der Waals surface area contributed by atoms with Crippen LogP contribution in [0.4, 0.5) is 13.2 Å². The molecule has 2 aromatic rings. The van der Waals surface area contributed by atoms with E-state index in [4.69, 9.17) is 18.5 Å². The normalized spacial score (nSPS) is 19.9. The highest BCUT2D eigenvalue weighted by Crippen LogP contribution is 2.40. The highest BCUT2D eigenvalue weighted by atomic mass is 31.1. The zero-order valence-corrected chi connectivity index (χ0v) is 24.2. The first-order valence-corrected chi connectivity index (χ1v) is 14.4. The van der Waals surface area contributed by atoms with E-state index in [1.54, 1.807) is 13.0 Å². The predicted octanol–water partition coefficient (Wildman–Crippen LogP) is 8.05. The molecule has 2 atom stereocenters. The van der Waals surface area contributed by atoms with Crippen molar-refractivity contribution < 1.29 is 31.7 Å². The fraction of sp³-hybridized carbons (Fsp3) is 0.567. The molecule has 0 amide bonds. The highest BCUT2D eigenvalue weighted by molar-refractivity contribution is 7.26. The fourth-order valence-electron chi connectivity index (χ4n) is 4.52. The number of aryl methyl sites for hydroxylation is 2. The minimum absolute atomic E-state index is 0.132. The number of ether oxygens (including phenoxy) is 2. The van der Waals surface area contributed by atoms with Crippen molar-refractivity contribution in [3.05, 3.63) is 64.7 Å². The second-order valence-electron chi connectivity index (χ2n) is 11.5. The van der Waals surface area contributed by atoms with Gasteiger partial charge in [0.15, 0.2) is 14.9 Å². The van der Waals surface area contributed by atoms with Gasteiger partial charge in [-0.05, 0) is 94.0 Å². The van der Waals surface area contributed by atoms with E-state index >= 15 is 0 Å². The number of halogens is 3. The van der Waals surface area contributed by atoms with Crippen molar-refractivity contribution in [2.45, 2.75) is 89.5 Å². The first kappa shape index (κ1) is 29.8. The van der Waals surface area contributed by atoms with Gasteiger partial charge in [0.2, 0.25) is 0 Å². The van der Waals surface area contributed by atoms with Crippen molar-refractivity contribution in [1.29, 1.82) is 0 Å². The third-order valence-corrected chi connectivity index (χ3v) is 7.77. The van der Waals surface area contributed by atoms with Crippen LogP contribution in [-0.4, -0.2) is 36.9 Å². The summed E-state index contributed by atoms with van der Waals surface area (Å²) in [4.78, 5) is 4.62. The smallest absolute Gasteiger partial charge is 0.419 e. The molecule has 39 heavy (non-hydrogen) atoms. The lowest BCUT2D eigenvalue weighted by Crippen LogP contribution is -2.34. The molecule has 0 radical (unpaired) electrons. The molecule has 1 saturated carbocycles. The standard InChI is InChI=1S/C30H39F3NO4P/c1-21-34-29(19-36-21,20-37-39-38-28(2,3)4)16-15-23-9-14-27(26(18-23)30(31,32)33)35-17-5-6-22-7-10-24(11-8-22)25-12-13-25/h7-11,14,18,25,39H,5-6,12-13,15-17,19-20H2,1-4H3. The molecule has 0 saturated heterocycles. The molecule has 4 rings (SSSR count). The van der Waals surface area contributed by atoms with Crippen molar-refractivity contribution in [3.63, 3.8) is 0 Å². The monoisotopic (exact) mass is 565 g/mol. The minimum atomic E-state index is -4.51. The summed E-state index contributed by atoms with van der Waals surface area (Å²) in [6, 6.07) is 12.9. The maximum Gasteiger partial charge on any atom is 0.419 e. The predicted molar refractivity (Wildman–Crippen MR) is 149 cm³/mol.